The molecule has 1 aromatic carbocycles. The number of sulfonamides is 1. The summed E-state index contributed by atoms with van der Waals surface area (Å²) in [5, 5.41) is 2.89. The SMILES string of the molecule is CC(C)NS(=O)(=O)c1ccc(NC(=O)c2nc(Cl)ccc2Cl)cc1. The van der Waals surface area contributed by atoms with E-state index in [2.05, 4.69) is 15.0 Å². The zero-order valence-electron chi connectivity index (χ0n) is 12.9. The molecule has 0 unspecified atom stereocenters. The molecule has 1 amide bonds. The summed E-state index contributed by atoms with van der Waals surface area (Å²) >= 11 is 11.7. The van der Waals surface area contributed by atoms with Crippen LogP contribution in [0.4, 0.5) is 5.69 Å². The van der Waals surface area contributed by atoms with Crippen LogP contribution >= 0.6 is 23.2 Å². The quantitative estimate of drug-likeness (QED) is 0.770. The first kappa shape index (κ1) is 18.7. The number of nitrogens with one attached hydrogen (secondary N) is 2. The lowest BCUT2D eigenvalue weighted by atomic mass is 10.3. The number of benzene rings is 1. The van der Waals surface area contributed by atoms with Crippen LogP contribution in [0.5, 0.6) is 0 Å². The van der Waals surface area contributed by atoms with E-state index in [1.807, 2.05) is 0 Å². The fourth-order valence-corrected chi connectivity index (χ4v) is 3.45. The van der Waals surface area contributed by atoms with Gasteiger partial charge < -0.3 is 5.32 Å². The van der Waals surface area contributed by atoms with Crippen molar-refractivity contribution in [1.29, 1.82) is 0 Å². The van der Waals surface area contributed by atoms with Gasteiger partial charge in [0.2, 0.25) is 10.0 Å². The van der Waals surface area contributed by atoms with Gasteiger partial charge in [-0.2, -0.15) is 0 Å². The maximum absolute atomic E-state index is 12.2. The van der Waals surface area contributed by atoms with E-state index < -0.39 is 15.9 Å². The van der Waals surface area contributed by atoms with E-state index in [1.54, 1.807) is 13.8 Å². The van der Waals surface area contributed by atoms with Gasteiger partial charge in [0, 0.05) is 11.7 Å². The van der Waals surface area contributed by atoms with Gasteiger partial charge in [0.15, 0.2) is 0 Å². The minimum absolute atomic E-state index is 0.0117. The van der Waals surface area contributed by atoms with E-state index in [0.29, 0.717) is 5.69 Å². The number of rotatable bonds is 5. The van der Waals surface area contributed by atoms with Crippen LogP contribution < -0.4 is 10.0 Å². The first-order chi connectivity index (χ1) is 11.2. The van der Waals surface area contributed by atoms with Crippen LogP contribution in [0.3, 0.4) is 0 Å². The second kappa shape index (κ2) is 7.48. The summed E-state index contributed by atoms with van der Waals surface area (Å²) in [5.74, 6) is -0.543. The third-order valence-corrected chi connectivity index (χ3v) is 5.03. The van der Waals surface area contributed by atoms with E-state index in [0.717, 1.165) is 0 Å². The highest BCUT2D eigenvalue weighted by atomic mass is 35.5. The third kappa shape index (κ3) is 4.67. The monoisotopic (exact) mass is 387 g/mol. The van der Waals surface area contributed by atoms with Gasteiger partial charge in [-0.25, -0.2) is 18.1 Å². The Morgan fingerprint density at radius 1 is 1.08 bits per heavy atom. The number of hydrogen-bond donors (Lipinski definition) is 2. The van der Waals surface area contributed by atoms with Crippen molar-refractivity contribution in [3.05, 3.63) is 52.3 Å². The Balaban J connectivity index is 2.17. The molecule has 2 N–H and O–H groups in total. The predicted molar refractivity (Wildman–Crippen MR) is 94.1 cm³/mol. The molecule has 0 aliphatic heterocycles. The Morgan fingerprint density at radius 2 is 1.71 bits per heavy atom. The average Bonchev–Trinajstić information content (AvgIpc) is 2.49. The second-order valence-electron chi connectivity index (χ2n) is 5.22. The molecule has 0 fully saturated rings. The fraction of sp³-hybridized carbons (Fsp3) is 0.200. The van der Waals surface area contributed by atoms with Crippen molar-refractivity contribution in [3.8, 4) is 0 Å². The summed E-state index contributed by atoms with van der Waals surface area (Å²) in [4.78, 5) is 16.1. The Kier molecular flexibility index (Phi) is 5.82. The molecule has 0 spiro atoms. The summed E-state index contributed by atoms with van der Waals surface area (Å²) in [7, 11) is -3.58. The van der Waals surface area contributed by atoms with Gasteiger partial charge in [-0.3, -0.25) is 4.79 Å². The highest BCUT2D eigenvalue weighted by Gasteiger charge is 2.16. The third-order valence-electron chi connectivity index (χ3n) is 2.84. The van der Waals surface area contributed by atoms with Gasteiger partial charge in [-0.05, 0) is 50.2 Å². The van der Waals surface area contributed by atoms with Crippen LogP contribution in [0, 0.1) is 0 Å². The maximum Gasteiger partial charge on any atom is 0.275 e. The number of hydrogen-bond acceptors (Lipinski definition) is 4. The zero-order valence-corrected chi connectivity index (χ0v) is 15.2. The van der Waals surface area contributed by atoms with Gasteiger partial charge in [-0.15, -0.1) is 0 Å². The minimum atomic E-state index is -3.58. The number of pyridine rings is 1. The first-order valence-corrected chi connectivity index (χ1v) is 9.19. The molecule has 0 saturated heterocycles. The van der Waals surface area contributed by atoms with Crippen molar-refractivity contribution < 1.29 is 13.2 Å². The van der Waals surface area contributed by atoms with Crippen molar-refractivity contribution in [3.63, 3.8) is 0 Å². The van der Waals surface area contributed by atoms with E-state index in [-0.39, 0.29) is 26.8 Å². The van der Waals surface area contributed by atoms with Gasteiger partial charge in [0.1, 0.15) is 10.8 Å². The molecule has 0 radical (unpaired) electrons. The maximum atomic E-state index is 12.2. The molecule has 1 heterocycles. The zero-order chi connectivity index (χ0) is 17.9. The average molecular weight is 388 g/mol. The van der Waals surface area contributed by atoms with Gasteiger partial charge >= 0.3 is 0 Å². The van der Waals surface area contributed by atoms with Crippen molar-refractivity contribution in [2.45, 2.75) is 24.8 Å². The fourth-order valence-electron chi connectivity index (χ4n) is 1.86. The Bertz CT molecular complexity index is 853. The Morgan fingerprint density at radius 3 is 2.29 bits per heavy atom. The lowest BCUT2D eigenvalue weighted by Gasteiger charge is -2.10. The van der Waals surface area contributed by atoms with Crippen molar-refractivity contribution in [2.75, 3.05) is 5.32 Å². The van der Waals surface area contributed by atoms with Crippen LogP contribution in [0.1, 0.15) is 24.3 Å². The number of halogens is 2. The van der Waals surface area contributed by atoms with Crippen LogP contribution in [0.2, 0.25) is 10.2 Å². The molecular weight excluding hydrogens is 373 g/mol. The molecule has 1 aromatic heterocycles. The molecule has 0 bridgehead atoms. The highest BCUT2D eigenvalue weighted by molar-refractivity contribution is 7.89. The van der Waals surface area contributed by atoms with E-state index in [9.17, 15) is 13.2 Å². The van der Waals surface area contributed by atoms with Crippen molar-refractivity contribution in [2.24, 2.45) is 0 Å². The lowest BCUT2D eigenvalue weighted by molar-refractivity contribution is 0.102. The number of carbonyl (C=O) groups excluding carboxylic acids is 1. The molecule has 2 aromatic rings. The summed E-state index contributed by atoms with van der Waals surface area (Å²) in [6, 6.07) is 8.48. The molecule has 0 aliphatic rings. The van der Waals surface area contributed by atoms with E-state index in [4.69, 9.17) is 23.2 Å². The van der Waals surface area contributed by atoms with Crippen LogP contribution in [0.25, 0.3) is 0 Å². The number of amides is 1. The summed E-state index contributed by atoms with van der Waals surface area (Å²) in [5.41, 5.74) is 0.392. The topological polar surface area (TPSA) is 88.2 Å². The first-order valence-electron chi connectivity index (χ1n) is 6.95. The molecule has 0 aliphatic carbocycles. The van der Waals surface area contributed by atoms with Crippen LogP contribution in [-0.2, 0) is 10.0 Å². The number of aromatic nitrogens is 1. The number of anilines is 1. The van der Waals surface area contributed by atoms with Gasteiger partial charge in [0.25, 0.3) is 5.91 Å². The van der Waals surface area contributed by atoms with E-state index >= 15 is 0 Å². The Labute approximate surface area is 150 Å². The normalized spacial score (nSPS) is 11.5. The molecule has 0 saturated carbocycles. The summed E-state index contributed by atoms with van der Waals surface area (Å²) in [6.07, 6.45) is 0. The molecule has 9 heteroatoms. The Hall–Kier alpha value is -1.67. The van der Waals surface area contributed by atoms with Crippen LogP contribution in [-0.4, -0.2) is 25.4 Å². The minimum Gasteiger partial charge on any atom is -0.321 e. The largest absolute Gasteiger partial charge is 0.321 e. The number of carbonyl (C=O) groups is 1. The summed E-state index contributed by atoms with van der Waals surface area (Å²) < 4.78 is 26.6. The standard InChI is InChI=1S/C15H15Cl2N3O3S/c1-9(2)20-24(22,23)11-5-3-10(4-6-11)18-15(21)14-12(16)7-8-13(17)19-14/h3-9,20H,1-2H3,(H,18,21). The highest BCUT2D eigenvalue weighted by Crippen LogP contribution is 2.19. The second-order valence-corrected chi connectivity index (χ2v) is 7.73. The van der Waals surface area contributed by atoms with Crippen molar-refractivity contribution in [1.82, 2.24) is 9.71 Å². The molecule has 2 rings (SSSR count). The van der Waals surface area contributed by atoms with E-state index in [1.165, 1.54) is 36.4 Å². The smallest absolute Gasteiger partial charge is 0.275 e. The van der Waals surface area contributed by atoms with Gasteiger partial charge in [0.05, 0.1) is 9.92 Å². The molecule has 0 atom stereocenters. The molecule has 128 valence electrons. The summed E-state index contributed by atoms with van der Waals surface area (Å²) in [6.45, 7) is 3.46. The molecule has 24 heavy (non-hydrogen) atoms. The predicted octanol–water partition coefficient (Wildman–Crippen LogP) is 3.33. The van der Waals surface area contributed by atoms with Crippen LogP contribution in [0.15, 0.2) is 41.3 Å². The van der Waals surface area contributed by atoms with Crippen molar-refractivity contribution >= 4 is 44.8 Å². The number of nitrogens with zero attached hydrogens (tertiary/aromatic N) is 1. The molecular formula is C15H15Cl2N3O3S. The lowest BCUT2D eigenvalue weighted by Crippen LogP contribution is -2.30. The molecule has 6 nitrogen and oxygen atoms in total. The van der Waals surface area contributed by atoms with Gasteiger partial charge in [-0.1, -0.05) is 23.2 Å².